The van der Waals surface area contributed by atoms with Crippen LogP contribution in [0, 0.1) is 18.8 Å². The van der Waals surface area contributed by atoms with Crippen LogP contribution < -0.4 is 0 Å². The van der Waals surface area contributed by atoms with Crippen LogP contribution in [0.4, 0.5) is 0 Å². The van der Waals surface area contributed by atoms with E-state index in [2.05, 4.69) is 62.4 Å². The first-order valence-electron chi connectivity index (χ1n) is 6.77. The number of nitrogens with zero attached hydrogens (tertiary/aromatic N) is 1. The van der Waals surface area contributed by atoms with Gasteiger partial charge in [-0.25, -0.2) is 0 Å². The molecule has 0 saturated carbocycles. The Labute approximate surface area is 123 Å². The Morgan fingerprint density at radius 3 is 1.19 bits per heavy atom. The number of hydrogen-bond acceptors (Lipinski definition) is 2. The van der Waals surface area contributed by atoms with Crippen LogP contribution in [0.1, 0.15) is 18.1 Å². The molecule has 21 heavy (non-hydrogen) atoms. The molecule has 0 radical (unpaired) electrons. The van der Waals surface area contributed by atoms with E-state index < -0.39 is 5.91 Å². The van der Waals surface area contributed by atoms with Gasteiger partial charge in [0.15, 0.2) is 0 Å². The third kappa shape index (κ3) is 2.97. The predicted octanol–water partition coefficient (Wildman–Crippen LogP) is 4.91. The molecular formula is C18H17NO2. The number of carbonyl (C=O) groups excluding carboxylic acids is 1. The standard InChI is InChI=1S/C16H14.C2H3NO2/c1-11-13-7-3-5-9-15(13)12(2)16-10-6-4-8-14(11)16;1-2(4)3-5/h3-10H,1-2H3;1H3. The Hall–Kier alpha value is -2.55. The fraction of sp³-hybridized carbons (Fsp3) is 0.167. The lowest BCUT2D eigenvalue weighted by Crippen LogP contribution is -1.87. The van der Waals surface area contributed by atoms with E-state index in [4.69, 9.17) is 4.91 Å². The van der Waals surface area contributed by atoms with Crippen molar-refractivity contribution in [3.8, 4) is 0 Å². The van der Waals surface area contributed by atoms with Gasteiger partial charge in [-0.3, -0.25) is 4.79 Å². The zero-order valence-electron chi connectivity index (χ0n) is 12.4. The molecule has 1 amide bonds. The molecule has 3 aromatic carbocycles. The van der Waals surface area contributed by atoms with Gasteiger partial charge in [-0.05, 0) is 46.5 Å². The molecule has 0 aromatic heterocycles. The van der Waals surface area contributed by atoms with Crippen molar-refractivity contribution in [1.29, 1.82) is 0 Å². The Morgan fingerprint density at radius 2 is 1.00 bits per heavy atom. The molecule has 0 N–H and O–H groups in total. The molecule has 0 heterocycles. The first-order chi connectivity index (χ1) is 10.1. The summed E-state index contributed by atoms with van der Waals surface area (Å²) in [5, 5.41) is 7.50. The van der Waals surface area contributed by atoms with E-state index in [0.717, 1.165) is 6.92 Å². The summed E-state index contributed by atoms with van der Waals surface area (Å²) in [6, 6.07) is 17.3. The number of benzene rings is 3. The van der Waals surface area contributed by atoms with Gasteiger partial charge in [0, 0.05) is 12.1 Å². The summed E-state index contributed by atoms with van der Waals surface area (Å²) >= 11 is 0. The summed E-state index contributed by atoms with van der Waals surface area (Å²) in [5.74, 6) is -0.676. The van der Waals surface area contributed by atoms with Gasteiger partial charge in [0.25, 0.3) is 5.91 Å². The highest BCUT2D eigenvalue weighted by Crippen LogP contribution is 2.31. The van der Waals surface area contributed by atoms with Gasteiger partial charge >= 0.3 is 0 Å². The summed E-state index contributed by atoms with van der Waals surface area (Å²) in [6.07, 6.45) is 0. The molecule has 0 fully saturated rings. The Kier molecular flexibility index (Phi) is 4.43. The molecule has 0 atom stereocenters. The summed E-state index contributed by atoms with van der Waals surface area (Å²) in [5.41, 5.74) is 2.77. The van der Waals surface area contributed by atoms with Crippen molar-refractivity contribution in [1.82, 2.24) is 0 Å². The minimum absolute atomic E-state index is 0.676. The van der Waals surface area contributed by atoms with Crippen molar-refractivity contribution in [2.75, 3.05) is 0 Å². The summed E-state index contributed by atoms with van der Waals surface area (Å²) in [7, 11) is 0. The molecule has 0 aliphatic heterocycles. The number of amides is 1. The van der Waals surface area contributed by atoms with Crippen LogP contribution in [0.2, 0.25) is 0 Å². The zero-order chi connectivity index (χ0) is 15.4. The second kappa shape index (κ2) is 6.27. The van der Waals surface area contributed by atoms with Crippen molar-refractivity contribution in [3.63, 3.8) is 0 Å². The Morgan fingerprint density at radius 1 is 0.762 bits per heavy atom. The van der Waals surface area contributed by atoms with E-state index in [-0.39, 0.29) is 0 Å². The number of rotatable bonds is 0. The van der Waals surface area contributed by atoms with Gasteiger partial charge in [0.05, 0.1) is 0 Å². The molecule has 0 saturated heterocycles. The number of fused-ring (bicyclic) bond motifs is 2. The summed E-state index contributed by atoms with van der Waals surface area (Å²) in [6.45, 7) is 5.53. The molecule has 3 nitrogen and oxygen atoms in total. The average molecular weight is 279 g/mol. The predicted molar refractivity (Wildman–Crippen MR) is 87.4 cm³/mol. The molecule has 0 aliphatic carbocycles. The van der Waals surface area contributed by atoms with Crippen molar-refractivity contribution in [3.05, 3.63) is 64.6 Å². The molecule has 0 aliphatic rings. The van der Waals surface area contributed by atoms with Gasteiger partial charge in [-0.15, -0.1) is 4.91 Å². The molecule has 0 bridgehead atoms. The quantitative estimate of drug-likeness (QED) is 0.433. The SMILES string of the molecule is CC(=O)N=O.Cc1c2ccccc2c(C)c2ccccc12. The van der Waals surface area contributed by atoms with E-state index in [1.165, 1.54) is 32.7 Å². The van der Waals surface area contributed by atoms with E-state index >= 15 is 0 Å². The summed E-state index contributed by atoms with van der Waals surface area (Å²) < 4.78 is 0. The number of aryl methyl sites for hydroxylation is 2. The average Bonchev–Trinajstić information content (AvgIpc) is 2.53. The Bertz CT molecular complexity index is 705. The molecule has 3 rings (SSSR count). The fourth-order valence-electron chi connectivity index (χ4n) is 2.56. The van der Waals surface area contributed by atoms with Gasteiger partial charge in [0.2, 0.25) is 0 Å². The van der Waals surface area contributed by atoms with E-state index in [9.17, 15) is 4.79 Å². The largest absolute Gasteiger partial charge is 0.283 e. The first kappa shape index (κ1) is 14.9. The number of carbonyl (C=O) groups is 1. The van der Waals surface area contributed by atoms with Crippen molar-refractivity contribution >= 4 is 27.5 Å². The third-order valence-corrected chi connectivity index (χ3v) is 3.60. The maximum Gasteiger partial charge on any atom is 0.283 e. The van der Waals surface area contributed by atoms with Crippen LogP contribution >= 0.6 is 0 Å². The highest BCUT2D eigenvalue weighted by molar-refractivity contribution is 6.05. The topological polar surface area (TPSA) is 46.5 Å². The minimum Gasteiger partial charge on any atom is -0.269 e. The highest BCUT2D eigenvalue weighted by atomic mass is 16.3. The lowest BCUT2D eigenvalue weighted by atomic mass is 9.93. The minimum atomic E-state index is -0.676. The monoisotopic (exact) mass is 279 g/mol. The molecule has 106 valence electrons. The highest BCUT2D eigenvalue weighted by Gasteiger charge is 2.06. The maximum atomic E-state index is 9.33. The third-order valence-electron chi connectivity index (χ3n) is 3.60. The van der Waals surface area contributed by atoms with E-state index in [1.54, 1.807) is 0 Å². The van der Waals surface area contributed by atoms with Crippen LogP contribution in [0.3, 0.4) is 0 Å². The van der Waals surface area contributed by atoms with Crippen LogP contribution in [0.15, 0.2) is 53.7 Å². The second-order valence-electron chi connectivity index (χ2n) is 4.95. The van der Waals surface area contributed by atoms with Crippen LogP contribution in [-0.4, -0.2) is 5.91 Å². The van der Waals surface area contributed by atoms with Gasteiger partial charge in [-0.2, -0.15) is 0 Å². The van der Waals surface area contributed by atoms with E-state index in [1.807, 2.05) is 5.18 Å². The lowest BCUT2D eigenvalue weighted by Gasteiger charge is -2.11. The molecular weight excluding hydrogens is 262 g/mol. The first-order valence-corrected chi connectivity index (χ1v) is 6.77. The van der Waals surface area contributed by atoms with Crippen LogP contribution in [0.25, 0.3) is 21.5 Å². The fourth-order valence-corrected chi connectivity index (χ4v) is 2.56. The van der Waals surface area contributed by atoms with Crippen molar-refractivity contribution in [2.45, 2.75) is 20.8 Å². The zero-order valence-corrected chi connectivity index (χ0v) is 12.4. The number of nitroso groups, excluding NO2 is 1. The Balaban J connectivity index is 0.000000282. The smallest absolute Gasteiger partial charge is 0.269 e. The maximum absolute atomic E-state index is 9.33. The van der Waals surface area contributed by atoms with Crippen LogP contribution in [0.5, 0.6) is 0 Å². The van der Waals surface area contributed by atoms with Crippen molar-refractivity contribution < 1.29 is 4.79 Å². The number of hydrogen-bond donors (Lipinski definition) is 0. The molecule has 3 aromatic rings. The second-order valence-corrected chi connectivity index (χ2v) is 4.95. The van der Waals surface area contributed by atoms with Gasteiger partial charge in [-0.1, -0.05) is 48.5 Å². The molecule has 0 unspecified atom stereocenters. The lowest BCUT2D eigenvalue weighted by molar-refractivity contribution is -0.115. The normalized spacial score (nSPS) is 10.0. The van der Waals surface area contributed by atoms with Crippen molar-refractivity contribution in [2.24, 2.45) is 5.18 Å². The molecule has 3 heteroatoms. The van der Waals surface area contributed by atoms with Gasteiger partial charge < -0.3 is 0 Å². The summed E-state index contributed by atoms with van der Waals surface area (Å²) in [4.78, 5) is 18.2. The van der Waals surface area contributed by atoms with Gasteiger partial charge in [0.1, 0.15) is 0 Å². The molecule has 0 spiro atoms. The van der Waals surface area contributed by atoms with E-state index in [0.29, 0.717) is 0 Å². The van der Waals surface area contributed by atoms with Crippen LogP contribution in [-0.2, 0) is 4.79 Å².